The fraction of sp³-hybridized carbons (Fsp3) is 1.00. The molecule has 0 aromatic carbocycles. The van der Waals surface area contributed by atoms with Crippen molar-refractivity contribution in [3.8, 4) is 0 Å². The molecule has 1 N–H and O–H groups in total. The monoisotopic (exact) mass is 214 g/mol. The van der Waals surface area contributed by atoms with Gasteiger partial charge in [-0.05, 0) is 0 Å². The summed E-state index contributed by atoms with van der Waals surface area (Å²) in [5.41, 5.74) is 0. The van der Waals surface area contributed by atoms with Crippen LogP contribution in [0.4, 0.5) is 0 Å². The summed E-state index contributed by atoms with van der Waals surface area (Å²) in [6.45, 7) is 1.77. The van der Waals surface area contributed by atoms with Crippen molar-refractivity contribution < 1.29 is 5.11 Å². The molecule has 0 heterocycles. The molecule has 0 amide bonds. The molecule has 1 atom stereocenters. The predicted octanol–water partition coefficient (Wildman–Crippen LogP) is 0.643. The fourth-order valence-corrected chi connectivity index (χ4v) is 2.25. The molecule has 0 saturated heterocycles. The van der Waals surface area contributed by atoms with Gasteiger partial charge in [0.25, 0.3) is 0 Å². The molecular weight excluding hydrogens is 206 g/mol. The van der Waals surface area contributed by atoms with Crippen LogP contribution in [0.25, 0.3) is 0 Å². The first-order valence-corrected chi connectivity index (χ1v) is 7.42. The Morgan fingerprint density at radius 3 is 2.50 bits per heavy atom. The molecule has 0 aliphatic heterocycles. The van der Waals surface area contributed by atoms with Gasteiger partial charge in [-0.2, -0.15) is 0 Å². The Labute approximate surface area is 51.6 Å². The van der Waals surface area contributed by atoms with Gasteiger partial charge in [0.1, 0.15) is 0 Å². The van der Waals surface area contributed by atoms with Gasteiger partial charge in [0.05, 0.1) is 0 Å². The van der Waals surface area contributed by atoms with Crippen molar-refractivity contribution >= 4 is 28.9 Å². The van der Waals surface area contributed by atoms with E-state index in [2.05, 4.69) is 0 Å². The normalized spacial score (nSPS) is 14.5. The number of hydrogen-bond acceptors (Lipinski definition) is 1. The summed E-state index contributed by atoms with van der Waals surface area (Å²) in [6.07, 6.45) is -0.158. The molecule has 0 bridgehead atoms. The summed E-state index contributed by atoms with van der Waals surface area (Å²) >= 11 is -0.627. The number of aliphatic hydroxyl groups excluding tert-OH is 1. The van der Waals surface area contributed by atoms with Crippen LogP contribution in [0.1, 0.15) is 6.92 Å². The third kappa shape index (κ3) is 5.05. The molecule has 3 heteroatoms. The van der Waals surface area contributed by atoms with Gasteiger partial charge in [-0.25, -0.2) is 0 Å². The Balaban J connectivity index is 2.63. The van der Waals surface area contributed by atoms with Crippen LogP contribution >= 0.6 is 8.92 Å². The van der Waals surface area contributed by atoms with Crippen molar-refractivity contribution in [2.45, 2.75) is 17.5 Å². The van der Waals surface area contributed by atoms with Gasteiger partial charge >= 0.3 is 51.5 Å². The molecule has 0 aliphatic carbocycles. The molecular formula is C3H7ClOSn. The average molecular weight is 213 g/mol. The van der Waals surface area contributed by atoms with Gasteiger partial charge in [-0.1, -0.05) is 0 Å². The second-order valence-electron chi connectivity index (χ2n) is 1.19. The summed E-state index contributed by atoms with van der Waals surface area (Å²) in [5.74, 6) is 0. The summed E-state index contributed by atoms with van der Waals surface area (Å²) in [6, 6.07) is 0. The van der Waals surface area contributed by atoms with Crippen molar-refractivity contribution in [3.05, 3.63) is 0 Å². The SMILES string of the molecule is CC(O)[CH2][Sn][Cl]. The van der Waals surface area contributed by atoms with Crippen molar-refractivity contribution in [1.29, 1.82) is 0 Å². The van der Waals surface area contributed by atoms with Crippen molar-refractivity contribution in [3.63, 3.8) is 0 Å². The summed E-state index contributed by atoms with van der Waals surface area (Å²) < 4.78 is 0.866. The van der Waals surface area contributed by atoms with Gasteiger partial charge in [-0.3, -0.25) is 0 Å². The Hall–Kier alpha value is 1.05. The van der Waals surface area contributed by atoms with Crippen molar-refractivity contribution in [1.82, 2.24) is 0 Å². The standard InChI is InChI=1S/C3H7O.ClH.Sn/c1-3(2)4;;/h3-4H,1H2,2H3;1H;/q;;+1/p-1. The van der Waals surface area contributed by atoms with E-state index >= 15 is 0 Å². The molecule has 2 radical (unpaired) electrons. The van der Waals surface area contributed by atoms with Gasteiger partial charge in [0.15, 0.2) is 0 Å². The molecule has 0 aromatic heterocycles. The molecule has 1 unspecified atom stereocenters. The number of hydrogen-bond donors (Lipinski definition) is 1. The first-order chi connectivity index (χ1) is 2.77. The maximum absolute atomic E-state index is 8.51. The number of aliphatic hydroxyl groups is 1. The zero-order valence-corrected chi connectivity index (χ0v) is 7.22. The van der Waals surface area contributed by atoms with Crippen LogP contribution in [0.2, 0.25) is 4.44 Å². The van der Waals surface area contributed by atoms with Gasteiger partial charge in [0.2, 0.25) is 0 Å². The maximum atomic E-state index is 8.51. The van der Waals surface area contributed by atoms with Gasteiger partial charge in [-0.15, -0.1) is 0 Å². The van der Waals surface area contributed by atoms with Crippen LogP contribution in [-0.2, 0) is 0 Å². The van der Waals surface area contributed by atoms with Crippen LogP contribution in [0.15, 0.2) is 0 Å². The molecule has 0 saturated carbocycles. The van der Waals surface area contributed by atoms with Crippen LogP contribution in [0, 0.1) is 0 Å². The Kier molecular flexibility index (Phi) is 4.95. The second kappa shape index (κ2) is 4.21. The van der Waals surface area contributed by atoms with E-state index < -0.39 is 20.0 Å². The molecule has 1 nitrogen and oxygen atoms in total. The van der Waals surface area contributed by atoms with E-state index in [-0.39, 0.29) is 6.10 Å². The zero-order valence-electron chi connectivity index (χ0n) is 3.61. The summed E-state index contributed by atoms with van der Waals surface area (Å²) in [4.78, 5) is 0. The van der Waals surface area contributed by atoms with E-state index in [1.807, 2.05) is 0 Å². The van der Waals surface area contributed by atoms with Crippen LogP contribution in [0.3, 0.4) is 0 Å². The van der Waals surface area contributed by atoms with Crippen LogP contribution in [0.5, 0.6) is 0 Å². The van der Waals surface area contributed by atoms with E-state index in [4.69, 9.17) is 14.0 Å². The molecule has 0 spiro atoms. The third-order valence-electron chi connectivity index (χ3n) is 0.373. The summed E-state index contributed by atoms with van der Waals surface area (Å²) in [7, 11) is 5.41. The number of halogens is 1. The summed E-state index contributed by atoms with van der Waals surface area (Å²) in [5, 5.41) is 8.51. The third-order valence-corrected chi connectivity index (χ3v) is 3.53. The topological polar surface area (TPSA) is 20.2 Å². The van der Waals surface area contributed by atoms with Gasteiger partial charge in [0, 0.05) is 0 Å². The molecule has 0 rings (SSSR count). The van der Waals surface area contributed by atoms with E-state index in [9.17, 15) is 0 Å². The van der Waals surface area contributed by atoms with Crippen molar-refractivity contribution in [2.75, 3.05) is 0 Å². The van der Waals surface area contributed by atoms with Crippen LogP contribution in [-0.4, -0.2) is 31.2 Å². The first kappa shape index (κ1) is 7.05. The van der Waals surface area contributed by atoms with Crippen molar-refractivity contribution in [2.24, 2.45) is 0 Å². The molecule has 0 aliphatic rings. The van der Waals surface area contributed by atoms with Crippen LogP contribution < -0.4 is 0 Å². The predicted molar refractivity (Wildman–Crippen MR) is 28.1 cm³/mol. The molecule has 36 valence electrons. The fourth-order valence-electron chi connectivity index (χ4n) is 0.112. The molecule has 6 heavy (non-hydrogen) atoms. The Morgan fingerprint density at radius 1 is 2.00 bits per heavy atom. The molecule has 0 fully saturated rings. The first-order valence-electron chi connectivity index (χ1n) is 1.79. The Morgan fingerprint density at radius 2 is 2.50 bits per heavy atom. The second-order valence-corrected chi connectivity index (χ2v) is 4.91. The quantitative estimate of drug-likeness (QED) is 0.668. The van der Waals surface area contributed by atoms with E-state index in [0.29, 0.717) is 0 Å². The Bertz CT molecular complexity index is 32.0. The van der Waals surface area contributed by atoms with Gasteiger partial charge < -0.3 is 0 Å². The van der Waals surface area contributed by atoms with E-state index in [0.717, 1.165) is 4.44 Å². The molecule has 0 aromatic rings. The minimum atomic E-state index is -0.627. The number of rotatable bonds is 2. The van der Waals surface area contributed by atoms with E-state index in [1.54, 1.807) is 6.92 Å². The van der Waals surface area contributed by atoms with E-state index in [1.165, 1.54) is 0 Å². The zero-order chi connectivity index (χ0) is 4.99. The average Bonchev–Trinajstić information content (AvgIpc) is 1.35. The minimum absolute atomic E-state index is 0.158.